The summed E-state index contributed by atoms with van der Waals surface area (Å²) in [6, 6.07) is 14.4. The number of halogens is 1. The maximum Gasteiger partial charge on any atom is 0.413 e. The number of nitrogens with zero attached hydrogens (tertiary/aromatic N) is 5. The van der Waals surface area contributed by atoms with Crippen LogP contribution in [0.1, 0.15) is 39.5 Å². The largest absolute Gasteiger partial charge is 0.428 e. The van der Waals surface area contributed by atoms with Crippen LogP contribution in [0.4, 0.5) is 14.9 Å². The second kappa shape index (κ2) is 13.6. The maximum absolute atomic E-state index is 14.6. The van der Waals surface area contributed by atoms with Crippen molar-refractivity contribution in [2.75, 3.05) is 31.5 Å². The molecule has 0 saturated carbocycles. The molecular formula is C31H37FN6O4S. The van der Waals surface area contributed by atoms with Gasteiger partial charge in [-0.2, -0.15) is 4.31 Å². The zero-order valence-electron chi connectivity index (χ0n) is 24.4. The van der Waals surface area contributed by atoms with E-state index >= 15 is 0 Å². The number of aromatic nitrogens is 3. The Kier molecular flexibility index (Phi) is 9.69. The van der Waals surface area contributed by atoms with E-state index < -0.39 is 33.1 Å². The summed E-state index contributed by atoms with van der Waals surface area (Å²) >= 11 is 0. The van der Waals surface area contributed by atoms with Crippen LogP contribution in [0, 0.1) is 5.82 Å². The first-order chi connectivity index (χ1) is 20.8. The number of imidazole rings is 1. The number of carbonyl (C=O) groups is 1. The van der Waals surface area contributed by atoms with Gasteiger partial charge < -0.3 is 9.30 Å². The predicted molar refractivity (Wildman–Crippen MR) is 163 cm³/mol. The van der Waals surface area contributed by atoms with Gasteiger partial charge in [-0.05, 0) is 62.4 Å². The van der Waals surface area contributed by atoms with Gasteiger partial charge in [-0.25, -0.2) is 22.6 Å². The second-order valence-corrected chi connectivity index (χ2v) is 12.4. The third-order valence-corrected chi connectivity index (χ3v) is 9.52. The Morgan fingerprint density at radius 1 is 1.07 bits per heavy atom. The van der Waals surface area contributed by atoms with Gasteiger partial charge in [-0.15, -0.1) is 0 Å². The highest BCUT2D eigenvalue weighted by Gasteiger charge is 2.39. The Bertz CT molecular complexity index is 1660. The van der Waals surface area contributed by atoms with E-state index in [2.05, 4.69) is 26.7 Å². The van der Waals surface area contributed by atoms with Crippen LogP contribution in [0.25, 0.3) is 22.4 Å². The summed E-state index contributed by atoms with van der Waals surface area (Å²) in [6.45, 7) is 6.33. The van der Waals surface area contributed by atoms with E-state index in [1.165, 1.54) is 18.2 Å². The molecule has 3 heterocycles. The number of piperazine rings is 1. The molecule has 10 nitrogen and oxygen atoms in total. The normalized spacial score (nSPS) is 16.4. The third kappa shape index (κ3) is 6.87. The number of aryl methyl sites for hydroxylation is 1. The molecule has 1 unspecified atom stereocenters. The highest BCUT2D eigenvalue weighted by atomic mass is 32.2. The molecule has 1 N–H and O–H groups in total. The number of carbonyl (C=O) groups excluding carboxylic acids is 1. The van der Waals surface area contributed by atoms with E-state index in [1.54, 1.807) is 24.5 Å². The summed E-state index contributed by atoms with van der Waals surface area (Å²) in [5.74, 6) is -0.0845. The molecule has 1 amide bonds. The summed E-state index contributed by atoms with van der Waals surface area (Å²) in [5, 5.41) is 2.73. The summed E-state index contributed by atoms with van der Waals surface area (Å²) in [6.07, 6.45) is 5.76. The zero-order valence-corrected chi connectivity index (χ0v) is 25.3. The van der Waals surface area contributed by atoms with Crippen molar-refractivity contribution in [3.05, 3.63) is 72.8 Å². The molecular weight excluding hydrogens is 571 g/mol. The highest BCUT2D eigenvalue weighted by molar-refractivity contribution is 7.89. The molecule has 5 rings (SSSR count). The molecule has 0 bridgehead atoms. The Morgan fingerprint density at radius 3 is 2.65 bits per heavy atom. The number of sulfonamides is 1. The van der Waals surface area contributed by atoms with Gasteiger partial charge in [0.15, 0.2) is 6.23 Å². The number of benzene rings is 2. The monoisotopic (exact) mass is 608 g/mol. The average Bonchev–Trinajstić information content (AvgIpc) is 3.38. The van der Waals surface area contributed by atoms with Crippen molar-refractivity contribution in [2.45, 2.75) is 57.2 Å². The smallest absolute Gasteiger partial charge is 0.413 e. The molecule has 1 fully saturated rings. The lowest BCUT2D eigenvalue weighted by Crippen LogP contribution is -2.57. The second-order valence-electron chi connectivity index (χ2n) is 10.5. The molecule has 43 heavy (non-hydrogen) atoms. The fraction of sp³-hybridized carbons (Fsp3) is 0.387. The number of hydrogen-bond donors (Lipinski definition) is 1. The quantitative estimate of drug-likeness (QED) is 0.217. The van der Waals surface area contributed by atoms with E-state index in [-0.39, 0.29) is 13.1 Å². The van der Waals surface area contributed by atoms with Crippen molar-refractivity contribution >= 4 is 32.8 Å². The predicted octanol–water partition coefficient (Wildman–Crippen LogP) is 5.72. The summed E-state index contributed by atoms with van der Waals surface area (Å²) < 4.78 is 50.5. The highest BCUT2D eigenvalue weighted by Crippen LogP contribution is 2.28. The Balaban J connectivity index is 1.35. The van der Waals surface area contributed by atoms with Crippen LogP contribution < -0.4 is 5.32 Å². The van der Waals surface area contributed by atoms with Gasteiger partial charge in [0.05, 0.1) is 17.6 Å². The molecule has 0 aliphatic carbocycles. The average molecular weight is 609 g/mol. The Hall–Kier alpha value is -3.87. The standard InChI is InChI=1S/C31H37FN6O4S/c1-3-5-6-9-17-36-18-19-38(43(40,41)28-13-8-7-12-25(28)32)29(22-36)42-31(39)34-24-14-15-27-26(20-24)35-30(37(27)4-2)23-11-10-16-33-21-23/h7-8,10-16,20-21,29H,3-6,9,17-19,22H2,1-2H3,(H,34,39). The Labute approximate surface area is 251 Å². The number of hydrogen-bond acceptors (Lipinski definition) is 7. The van der Waals surface area contributed by atoms with Crippen molar-refractivity contribution in [3.63, 3.8) is 0 Å². The number of fused-ring (bicyclic) bond motifs is 1. The summed E-state index contributed by atoms with van der Waals surface area (Å²) in [7, 11) is -4.26. The van der Waals surface area contributed by atoms with E-state index in [1.807, 2.05) is 25.1 Å². The van der Waals surface area contributed by atoms with E-state index in [0.717, 1.165) is 59.5 Å². The molecule has 1 aliphatic heterocycles. The van der Waals surface area contributed by atoms with Gasteiger partial charge in [-0.1, -0.05) is 38.3 Å². The van der Waals surface area contributed by atoms with Crippen LogP contribution in [0.2, 0.25) is 0 Å². The van der Waals surface area contributed by atoms with E-state index in [9.17, 15) is 17.6 Å². The topological polar surface area (TPSA) is 110 Å². The summed E-state index contributed by atoms with van der Waals surface area (Å²) in [5.41, 5.74) is 2.90. The molecule has 12 heteroatoms. The first-order valence-corrected chi connectivity index (χ1v) is 16.1. The number of rotatable bonds is 11. The van der Waals surface area contributed by atoms with Crippen molar-refractivity contribution in [1.29, 1.82) is 0 Å². The van der Waals surface area contributed by atoms with Crippen molar-refractivity contribution in [1.82, 2.24) is 23.7 Å². The zero-order chi connectivity index (χ0) is 30.4. The molecule has 1 aliphatic rings. The molecule has 0 radical (unpaired) electrons. The molecule has 2 aromatic carbocycles. The van der Waals surface area contributed by atoms with Crippen molar-refractivity contribution < 1.29 is 22.3 Å². The number of anilines is 1. The third-order valence-electron chi connectivity index (χ3n) is 7.60. The molecule has 2 aromatic heterocycles. The molecule has 4 aromatic rings. The van der Waals surface area contributed by atoms with Gasteiger partial charge in [0.1, 0.15) is 16.5 Å². The molecule has 1 saturated heterocycles. The van der Waals surface area contributed by atoms with Gasteiger partial charge in [-0.3, -0.25) is 15.2 Å². The molecule has 228 valence electrons. The SMILES string of the molecule is CCCCCCN1CCN(S(=O)(=O)c2ccccc2F)C(OC(=O)Nc2ccc3c(c2)nc(-c2cccnc2)n3CC)C1. The molecule has 1 atom stereocenters. The van der Waals surface area contributed by atoms with Crippen LogP contribution in [0.5, 0.6) is 0 Å². The number of nitrogens with one attached hydrogen (secondary N) is 1. The van der Waals surface area contributed by atoms with Gasteiger partial charge in [0, 0.05) is 43.3 Å². The van der Waals surface area contributed by atoms with Crippen LogP contribution in [-0.4, -0.2) is 70.7 Å². The van der Waals surface area contributed by atoms with Crippen LogP contribution in [-0.2, 0) is 21.3 Å². The fourth-order valence-corrected chi connectivity index (χ4v) is 6.98. The number of amides is 1. The van der Waals surface area contributed by atoms with E-state index in [4.69, 9.17) is 9.72 Å². The van der Waals surface area contributed by atoms with Crippen LogP contribution in [0.3, 0.4) is 0 Å². The number of ether oxygens (including phenoxy) is 1. The first kappa shape index (κ1) is 30.6. The van der Waals surface area contributed by atoms with Gasteiger partial charge in [0.25, 0.3) is 0 Å². The minimum atomic E-state index is -4.26. The van der Waals surface area contributed by atoms with Crippen LogP contribution in [0.15, 0.2) is 71.9 Å². The van der Waals surface area contributed by atoms with Crippen molar-refractivity contribution in [2.24, 2.45) is 0 Å². The lowest BCUT2D eigenvalue weighted by molar-refractivity contribution is -0.0168. The lowest BCUT2D eigenvalue weighted by Gasteiger charge is -2.39. The molecule has 0 spiro atoms. The van der Waals surface area contributed by atoms with Crippen molar-refractivity contribution in [3.8, 4) is 11.4 Å². The van der Waals surface area contributed by atoms with Gasteiger partial charge in [0.2, 0.25) is 10.0 Å². The van der Waals surface area contributed by atoms with Crippen LogP contribution >= 0.6 is 0 Å². The fourth-order valence-electron chi connectivity index (χ4n) is 5.42. The Morgan fingerprint density at radius 2 is 1.91 bits per heavy atom. The summed E-state index contributed by atoms with van der Waals surface area (Å²) in [4.78, 5) is 23.8. The first-order valence-electron chi connectivity index (χ1n) is 14.7. The number of pyridine rings is 1. The lowest BCUT2D eigenvalue weighted by atomic mass is 10.2. The van der Waals surface area contributed by atoms with E-state index in [0.29, 0.717) is 24.3 Å². The minimum Gasteiger partial charge on any atom is -0.428 e. The van der Waals surface area contributed by atoms with Gasteiger partial charge >= 0.3 is 6.09 Å². The number of unbranched alkanes of at least 4 members (excludes halogenated alkanes) is 3. The minimum absolute atomic E-state index is 0.0694. The maximum atomic E-state index is 14.6.